The number of ether oxygens (including phenoxy) is 2. The number of amides is 4. The summed E-state index contributed by atoms with van der Waals surface area (Å²) in [6.07, 6.45) is 0.940. The van der Waals surface area contributed by atoms with E-state index in [9.17, 15) is 36.7 Å². The van der Waals surface area contributed by atoms with Gasteiger partial charge in [0, 0.05) is 61.0 Å². The van der Waals surface area contributed by atoms with Crippen LogP contribution in [0.4, 0.5) is 27.2 Å². The van der Waals surface area contributed by atoms with E-state index in [4.69, 9.17) is 42.7 Å². The highest BCUT2D eigenvalue weighted by molar-refractivity contribution is 6.35. The monoisotopic (exact) mass is 981 g/mol. The SMILES string of the molecule is COC(=O)N[C@H](C(=O)N1[C@@H]2C[C@@H]2C[C@H]1C1=NC(Cl)=C(c2ccc(-c3ccc(-c4nc([C@@H]5C[C@H]6C[C@H]6N5C(=O)[C@@H](NC(=O)OC)C5CCC(F)(F)CC5)[nH]c4Cl)cc3)cc2)C1)C1CCC(F)(F)CC1. The number of alkyl carbamates (subject to hydrolysis) is 2. The number of nitrogens with zero attached hydrogens (tertiary/aromatic N) is 4. The number of hydrogen-bond acceptors (Lipinski definition) is 8. The molecule has 3 aliphatic heterocycles. The van der Waals surface area contributed by atoms with Crippen LogP contribution >= 0.6 is 23.2 Å². The third kappa shape index (κ3) is 9.09. The molecule has 0 bridgehead atoms. The van der Waals surface area contributed by atoms with Crippen molar-refractivity contribution in [3.63, 3.8) is 0 Å². The van der Waals surface area contributed by atoms with Gasteiger partial charge in [-0.15, -0.1) is 0 Å². The summed E-state index contributed by atoms with van der Waals surface area (Å²) in [5.74, 6) is -6.04. The average molecular weight is 983 g/mol. The largest absolute Gasteiger partial charge is 0.453 e. The fraction of sp³-hybridized carbons (Fsp3) is 0.551. The Morgan fingerprint density at radius 1 is 0.676 bits per heavy atom. The van der Waals surface area contributed by atoms with E-state index < -0.39 is 54.0 Å². The van der Waals surface area contributed by atoms with E-state index in [2.05, 4.69) is 15.6 Å². The fourth-order valence-electron chi connectivity index (χ4n) is 11.6. The minimum Gasteiger partial charge on any atom is -0.453 e. The molecule has 7 aliphatic rings. The number of halogens is 6. The minimum atomic E-state index is -2.79. The van der Waals surface area contributed by atoms with Crippen molar-refractivity contribution in [3.8, 4) is 22.4 Å². The van der Waals surface area contributed by atoms with Crippen molar-refractivity contribution in [3.05, 3.63) is 70.2 Å². The van der Waals surface area contributed by atoms with Gasteiger partial charge in [-0.05, 0) is 91.7 Å². The lowest BCUT2D eigenvalue weighted by Gasteiger charge is -2.37. The lowest BCUT2D eigenvalue weighted by atomic mass is 9.81. The molecular formula is C49H53Cl2F4N7O6. The van der Waals surface area contributed by atoms with Crippen molar-refractivity contribution in [2.45, 2.75) is 132 Å². The number of H-pyrrole nitrogens is 1. The Morgan fingerprint density at radius 3 is 1.60 bits per heavy atom. The normalized spacial score (nSPS) is 28.0. The van der Waals surface area contributed by atoms with Gasteiger partial charge in [0.05, 0.1) is 26.3 Å². The molecule has 2 saturated heterocycles. The molecule has 10 rings (SSSR count). The predicted octanol–water partition coefficient (Wildman–Crippen LogP) is 9.90. The lowest BCUT2D eigenvalue weighted by molar-refractivity contribution is -0.139. The first kappa shape index (κ1) is 46.6. The number of benzene rings is 2. The van der Waals surface area contributed by atoms with Gasteiger partial charge in [0.2, 0.25) is 23.7 Å². The molecule has 8 atom stereocenters. The van der Waals surface area contributed by atoms with Crippen LogP contribution < -0.4 is 10.6 Å². The number of imidazole rings is 1. The number of alkyl halides is 4. The maximum absolute atomic E-state index is 14.3. The number of carbonyl (C=O) groups is 4. The van der Waals surface area contributed by atoms with Crippen molar-refractivity contribution >= 4 is 58.5 Å². The van der Waals surface area contributed by atoms with E-state index in [0.717, 1.165) is 46.4 Å². The number of aliphatic imine (C=N–C) groups is 1. The molecule has 3 N–H and O–H groups in total. The Morgan fingerprint density at radius 2 is 1.12 bits per heavy atom. The number of hydrogen-bond donors (Lipinski definition) is 3. The number of methoxy groups -OCH3 is 2. The molecule has 4 aliphatic carbocycles. The maximum Gasteiger partial charge on any atom is 0.407 e. The van der Waals surface area contributed by atoms with Crippen LogP contribution in [0.25, 0.3) is 28.0 Å². The number of aromatic amines is 1. The van der Waals surface area contributed by atoms with Gasteiger partial charge in [0.15, 0.2) is 0 Å². The summed E-state index contributed by atoms with van der Waals surface area (Å²) in [5.41, 5.74) is 5.61. The molecule has 4 heterocycles. The Kier molecular flexibility index (Phi) is 12.3. The molecule has 0 unspecified atom stereocenters. The van der Waals surface area contributed by atoms with Crippen LogP contribution in [0.5, 0.6) is 0 Å². The van der Waals surface area contributed by atoms with Crippen LogP contribution in [0.3, 0.4) is 0 Å². The number of piperidine rings is 2. The summed E-state index contributed by atoms with van der Waals surface area (Å²) in [6, 6.07) is 12.9. The third-order valence-electron chi connectivity index (χ3n) is 15.6. The first-order valence-corrected chi connectivity index (χ1v) is 24.3. The van der Waals surface area contributed by atoms with E-state index >= 15 is 0 Å². The predicted molar refractivity (Wildman–Crippen MR) is 245 cm³/mol. The van der Waals surface area contributed by atoms with Gasteiger partial charge in [-0.25, -0.2) is 37.1 Å². The first-order chi connectivity index (χ1) is 32.5. The molecular weight excluding hydrogens is 929 g/mol. The van der Waals surface area contributed by atoms with Gasteiger partial charge in [0.1, 0.15) is 33.9 Å². The maximum atomic E-state index is 14.3. The lowest BCUT2D eigenvalue weighted by Crippen LogP contribution is -2.56. The van der Waals surface area contributed by atoms with Gasteiger partial charge in [-0.3, -0.25) is 9.59 Å². The number of likely N-dealkylation sites (tertiary alicyclic amines) is 2. The van der Waals surface area contributed by atoms with E-state index in [-0.39, 0.29) is 87.2 Å². The highest BCUT2D eigenvalue weighted by Gasteiger charge is 2.59. The molecule has 19 heteroatoms. The van der Waals surface area contributed by atoms with Crippen molar-refractivity contribution < 1.29 is 46.2 Å². The first-order valence-electron chi connectivity index (χ1n) is 23.5. The second-order valence-electron chi connectivity index (χ2n) is 19.7. The Hall–Kier alpha value is -5.16. The van der Waals surface area contributed by atoms with Crippen LogP contribution in [0, 0.1) is 23.7 Å². The Labute approximate surface area is 400 Å². The molecule has 68 heavy (non-hydrogen) atoms. The zero-order chi connectivity index (χ0) is 47.8. The summed E-state index contributed by atoms with van der Waals surface area (Å²) in [5, 5.41) is 6.00. The summed E-state index contributed by atoms with van der Waals surface area (Å²) < 4.78 is 66.1. The van der Waals surface area contributed by atoms with Crippen LogP contribution in [0.1, 0.15) is 101 Å². The summed E-state index contributed by atoms with van der Waals surface area (Å²) in [6.45, 7) is 0. The van der Waals surface area contributed by atoms with Crippen molar-refractivity contribution in [2.24, 2.45) is 28.7 Å². The molecule has 362 valence electrons. The van der Waals surface area contributed by atoms with Gasteiger partial charge in [-0.1, -0.05) is 71.7 Å². The molecule has 4 amide bonds. The van der Waals surface area contributed by atoms with Crippen LogP contribution in [0.2, 0.25) is 5.15 Å². The van der Waals surface area contributed by atoms with Gasteiger partial charge < -0.3 is 34.9 Å². The topological polar surface area (TPSA) is 158 Å². The van der Waals surface area contributed by atoms with Crippen molar-refractivity contribution in [2.75, 3.05) is 14.2 Å². The van der Waals surface area contributed by atoms with Gasteiger partial charge in [-0.2, -0.15) is 0 Å². The summed E-state index contributed by atoms with van der Waals surface area (Å²) in [4.78, 5) is 69.9. The molecule has 13 nitrogen and oxygen atoms in total. The van der Waals surface area contributed by atoms with Crippen LogP contribution in [-0.2, 0) is 19.1 Å². The third-order valence-corrected chi connectivity index (χ3v) is 16.2. The van der Waals surface area contributed by atoms with E-state index in [1.54, 1.807) is 4.90 Å². The molecule has 3 aromatic rings. The number of allylic oxidation sites excluding steroid dienone is 1. The van der Waals surface area contributed by atoms with Crippen LogP contribution in [0.15, 0.2) is 58.7 Å². The number of aromatic nitrogens is 2. The van der Waals surface area contributed by atoms with E-state index in [1.807, 2.05) is 53.4 Å². The number of nitrogens with one attached hydrogen (secondary N) is 3. The van der Waals surface area contributed by atoms with E-state index in [0.29, 0.717) is 47.0 Å². The standard InChI is InChI=1S/C49H53Cl2F4N7O6/c1-67-46(65)58-39(28-11-15-48(52,53)16-12-28)44(63)61-34-19-30(34)21-36(61)33-23-32(41(50)56-33)26-7-3-24(4-8-26)25-5-9-27(10-6-25)38-42(51)60-43(57-38)37-22-31-20-35(31)62(37)45(64)40(59-47(66)68-2)29-13-17-49(54,55)18-14-29/h3-10,28-31,34-37,39-40H,11-23H2,1-2H3,(H,57,60)(H,58,65)(H,59,66)/t30-,31-,34-,35-,36+,37+,39+,40+/m1/s1. The zero-order valence-corrected chi connectivity index (χ0v) is 39.1. The zero-order valence-electron chi connectivity index (χ0n) is 37.6. The van der Waals surface area contributed by atoms with Crippen molar-refractivity contribution in [1.29, 1.82) is 0 Å². The molecule has 6 fully saturated rings. The fourth-order valence-corrected chi connectivity index (χ4v) is 12.2. The molecule has 2 aromatic carbocycles. The second kappa shape index (κ2) is 18.0. The summed E-state index contributed by atoms with van der Waals surface area (Å²) >= 11 is 13.6. The van der Waals surface area contributed by atoms with Gasteiger partial charge >= 0.3 is 12.2 Å². The second-order valence-corrected chi connectivity index (χ2v) is 20.5. The Balaban J connectivity index is 0.801. The molecule has 0 radical (unpaired) electrons. The minimum absolute atomic E-state index is 0.00768. The number of fused-ring (bicyclic) bond motifs is 2. The summed E-state index contributed by atoms with van der Waals surface area (Å²) in [7, 11) is 2.41. The molecule has 1 aromatic heterocycles. The van der Waals surface area contributed by atoms with Crippen molar-refractivity contribution in [1.82, 2.24) is 30.4 Å². The highest BCUT2D eigenvalue weighted by atomic mass is 35.5. The molecule has 4 saturated carbocycles. The number of rotatable bonds is 11. The van der Waals surface area contributed by atoms with Crippen LogP contribution in [-0.4, -0.2) is 106 Å². The van der Waals surface area contributed by atoms with Gasteiger partial charge in [0.25, 0.3) is 0 Å². The smallest absolute Gasteiger partial charge is 0.407 e. The van der Waals surface area contributed by atoms with E-state index in [1.165, 1.54) is 14.2 Å². The molecule has 0 spiro atoms. The average Bonchev–Trinajstić information content (AvgIpc) is 4.04. The number of carbonyl (C=O) groups excluding carboxylic acids is 4. The quantitative estimate of drug-likeness (QED) is 0.128. The highest BCUT2D eigenvalue weighted by Crippen LogP contribution is 2.55. The Bertz CT molecular complexity index is 2540.